The number of carbonyl (C=O) groups excluding carboxylic acids is 2. The largest absolute Gasteiger partial charge is 0.487 e. The van der Waals surface area contributed by atoms with Crippen molar-refractivity contribution in [2.24, 2.45) is 0 Å². The average molecular weight is 391 g/mol. The molecular formula is C21H29NO6. The first kappa shape index (κ1) is 20.5. The predicted molar refractivity (Wildman–Crippen MR) is 102 cm³/mol. The first-order valence-electron chi connectivity index (χ1n) is 9.61. The number of ether oxygens (including phenoxy) is 3. The molecule has 7 heteroatoms. The average Bonchev–Trinajstić information content (AvgIpc) is 2.59. The zero-order valence-electron chi connectivity index (χ0n) is 17.2. The van der Waals surface area contributed by atoms with Crippen LogP contribution >= 0.6 is 0 Å². The van der Waals surface area contributed by atoms with Crippen LogP contribution in [0.4, 0.5) is 4.79 Å². The SMILES string of the molecule is COC(=O)c1cc2c(cc1C)OC1(CCN(C(=O)OC(C)(C)C)CC1)CC2O. The number of rotatable bonds is 1. The molecule has 154 valence electrons. The maximum atomic E-state index is 12.3. The Morgan fingerprint density at radius 3 is 2.46 bits per heavy atom. The van der Waals surface area contributed by atoms with E-state index in [0.717, 1.165) is 5.56 Å². The van der Waals surface area contributed by atoms with Gasteiger partial charge in [0.05, 0.1) is 18.8 Å². The van der Waals surface area contributed by atoms with Crippen LogP contribution in [0.1, 0.15) is 67.6 Å². The number of benzene rings is 1. The molecule has 1 atom stereocenters. The van der Waals surface area contributed by atoms with Gasteiger partial charge >= 0.3 is 12.1 Å². The molecule has 0 radical (unpaired) electrons. The van der Waals surface area contributed by atoms with E-state index in [-0.39, 0.29) is 6.09 Å². The second-order valence-corrected chi connectivity index (χ2v) is 8.67. The van der Waals surface area contributed by atoms with Crippen molar-refractivity contribution in [2.75, 3.05) is 20.2 Å². The van der Waals surface area contributed by atoms with Crippen molar-refractivity contribution in [2.45, 2.75) is 64.3 Å². The van der Waals surface area contributed by atoms with Gasteiger partial charge in [-0.15, -0.1) is 0 Å². The summed E-state index contributed by atoms with van der Waals surface area (Å²) in [6.45, 7) is 8.37. The molecule has 7 nitrogen and oxygen atoms in total. The molecule has 1 N–H and O–H groups in total. The minimum Gasteiger partial charge on any atom is -0.487 e. The fourth-order valence-electron chi connectivity index (χ4n) is 3.84. The van der Waals surface area contributed by atoms with E-state index in [9.17, 15) is 14.7 Å². The fourth-order valence-corrected chi connectivity index (χ4v) is 3.84. The summed E-state index contributed by atoms with van der Waals surface area (Å²) in [6, 6.07) is 3.44. The molecular weight excluding hydrogens is 362 g/mol. The van der Waals surface area contributed by atoms with E-state index in [1.54, 1.807) is 17.0 Å². The monoisotopic (exact) mass is 391 g/mol. The summed E-state index contributed by atoms with van der Waals surface area (Å²) >= 11 is 0. The molecule has 2 aliphatic heterocycles. The minimum absolute atomic E-state index is 0.322. The summed E-state index contributed by atoms with van der Waals surface area (Å²) in [5.41, 5.74) is 0.716. The lowest BCUT2D eigenvalue weighted by atomic mass is 9.81. The van der Waals surface area contributed by atoms with E-state index in [2.05, 4.69) is 0 Å². The van der Waals surface area contributed by atoms with Crippen molar-refractivity contribution >= 4 is 12.1 Å². The maximum Gasteiger partial charge on any atom is 0.410 e. The Morgan fingerprint density at radius 1 is 1.25 bits per heavy atom. The van der Waals surface area contributed by atoms with E-state index < -0.39 is 23.3 Å². The van der Waals surface area contributed by atoms with Crippen molar-refractivity contribution in [3.63, 3.8) is 0 Å². The van der Waals surface area contributed by atoms with Crippen LogP contribution in [0.25, 0.3) is 0 Å². The Kier molecular flexibility index (Phi) is 5.32. The van der Waals surface area contributed by atoms with Crippen LogP contribution in [0.2, 0.25) is 0 Å². The van der Waals surface area contributed by atoms with Gasteiger partial charge in [0.2, 0.25) is 0 Å². The lowest BCUT2D eigenvalue weighted by molar-refractivity contribution is -0.0569. The summed E-state index contributed by atoms with van der Waals surface area (Å²) in [6.07, 6.45) is 0.589. The zero-order valence-corrected chi connectivity index (χ0v) is 17.2. The molecule has 2 aliphatic rings. The fraction of sp³-hybridized carbons (Fsp3) is 0.619. The second-order valence-electron chi connectivity index (χ2n) is 8.67. The third-order valence-electron chi connectivity index (χ3n) is 5.34. The molecule has 1 aromatic rings. The number of methoxy groups -OCH3 is 1. The second kappa shape index (κ2) is 7.28. The normalized spacial score (nSPS) is 20.9. The number of likely N-dealkylation sites (tertiary alicyclic amines) is 1. The quantitative estimate of drug-likeness (QED) is 0.739. The number of hydrogen-bond acceptors (Lipinski definition) is 6. The summed E-state index contributed by atoms with van der Waals surface area (Å²) in [5.74, 6) is 0.160. The smallest absolute Gasteiger partial charge is 0.410 e. The highest BCUT2D eigenvalue weighted by Gasteiger charge is 2.44. The third-order valence-corrected chi connectivity index (χ3v) is 5.34. The Labute approximate surface area is 165 Å². The summed E-state index contributed by atoms with van der Waals surface area (Å²) in [7, 11) is 1.33. The van der Waals surface area contributed by atoms with Gasteiger partial charge in [-0.1, -0.05) is 0 Å². The molecule has 1 fully saturated rings. The molecule has 1 aromatic carbocycles. The molecule has 0 aliphatic carbocycles. The minimum atomic E-state index is -0.735. The van der Waals surface area contributed by atoms with Crippen LogP contribution in [-0.4, -0.2) is 53.5 Å². The van der Waals surface area contributed by atoms with Crippen LogP contribution in [0, 0.1) is 6.92 Å². The molecule has 3 rings (SSSR count). The number of carbonyl (C=O) groups is 2. The van der Waals surface area contributed by atoms with Crippen LogP contribution in [-0.2, 0) is 9.47 Å². The first-order chi connectivity index (χ1) is 13.0. The molecule has 1 spiro atoms. The first-order valence-corrected chi connectivity index (χ1v) is 9.61. The van der Waals surface area contributed by atoms with Crippen molar-refractivity contribution in [3.8, 4) is 5.75 Å². The maximum absolute atomic E-state index is 12.3. The van der Waals surface area contributed by atoms with Gasteiger partial charge < -0.3 is 24.2 Å². The molecule has 28 heavy (non-hydrogen) atoms. The Balaban J connectivity index is 1.75. The highest BCUT2D eigenvalue weighted by molar-refractivity contribution is 5.91. The van der Waals surface area contributed by atoms with Crippen LogP contribution in [0.5, 0.6) is 5.75 Å². The van der Waals surface area contributed by atoms with Gasteiger partial charge in [-0.25, -0.2) is 9.59 Å². The number of piperidine rings is 1. The standard InChI is InChI=1S/C21H29NO6/c1-13-10-17-15(11-14(13)18(24)26-5)16(23)12-21(27-17)6-8-22(9-7-21)19(25)28-20(2,3)4/h10-11,16,23H,6-9,12H2,1-5H3. The highest BCUT2D eigenvalue weighted by atomic mass is 16.6. The van der Waals surface area contributed by atoms with Gasteiger partial charge in [-0.3, -0.25) is 0 Å². The van der Waals surface area contributed by atoms with Gasteiger partial charge in [-0.2, -0.15) is 0 Å². The number of nitrogens with zero attached hydrogens (tertiary/aromatic N) is 1. The zero-order chi connectivity index (χ0) is 20.7. The van der Waals surface area contributed by atoms with E-state index in [1.807, 2.05) is 27.7 Å². The molecule has 1 amide bonds. The number of aliphatic hydroxyl groups is 1. The van der Waals surface area contributed by atoms with Gasteiger partial charge in [0.25, 0.3) is 0 Å². The van der Waals surface area contributed by atoms with Crippen LogP contribution in [0.15, 0.2) is 12.1 Å². The van der Waals surface area contributed by atoms with E-state index in [4.69, 9.17) is 14.2 Å². The number of aliphatic hydroxyl groups excluding tert-OH is 1. The lowest BCUT2D eigenvalue weighted by Crippen LogP contribution is -2.52. The van der Waals surface area contributed by atoms with E-state index in [1.165, 1.54) is 7.11 Å². The van der Waals surface area contributed by atoms with E-state index in [0.29, 0.717) is 49.2 Å². The topological polar surface area (TPSA) is 85.3 Å². The van der Waals surface area contributed by atoms with Crippen molar-refractivity contribution in [1.29, 1.82) is 0 Å². The molecule has 0 bridgehead atoms. The van der Waals surface area contributed by atoms with Gasteiger partial charge in [0.1, 0.15) is 17.0 Å². The van der Waals surface area contributed by atoms with Crippen LogP contribution in [0.3, 0.4) is 0 Å². The predicted octanol–water partition coefficient (Wildman–Crippen LogP) is 3.37. The van der Waals surface area contributed by atoms with Gasteiger partial charge in [-0.05, 0) is 45.4 Å². The van der Waals surface area contributed by atoms with Crippen molar-refractivity contribution in [3.05, 3.63) is 28.8 Å². The number of aryl methyl sites for hydroxylation is 1. The molecule has 1 saturated heterocycles. The Hall–Kier alpha value is -2.28. The van der Waals surface area contributed by atoms with Gasteiger partial charge in [0, 0.05) is 37.9 Å². The highest BCUT2D eigenvalue weighted by Crippen LogP contribution is 2.45. The number of fused-ring (bicyclic) bond motifs is 1. The molecule has 2 heterocycles. The van der Waals surface area contributed by atoms with Crippen molar-refractivity contribution in [1.82, 2.24) is 4.90 Å². The molecule has 1 unspecified atom stereocenters. The van der Waals surface area contributed by atoms with E-state index >= 15 is 0 Å². The summed E-state index contributed by atoms with van der Waals surface area (Å²) in [4.78, 5) is 25.9. The lowest BCUT2D eigenvalue weighted by Gasteiger charge is -2.46. The third kappa shape index (κ3) is 4.09. The molecule has 0 aromatic heterocycles. The number of amides is 1. The number of hydrogen-bond donors (Lipinski definition) is 1. The Bertz CT molecular complexity index is 774. The Morgan fingerprint density at radius 2 is 1.89 bits per heavy atom. The summed E-state index contributed by atoms with van der Waals surface area (Å²) in [5, 5.41) is 10.7. The number of esters is 1. The molecule has 0 saturated carbocycles. The van der Waals surface area contributed by atoms with Crippen molar-refractivity contribution < 1.29 is 28.9 Å². The van der Waals surface area contributed by atoms with Gasteiger partial charge in [0.15, 0.2) is 0 Å². The summed E-state index contributed by atoms with van der Waals surface area (Å²) < 4.78 is 16.6. The van der Waals surface area contributed by atoms with Crippen LogP contribution < -0.4 is 4.74 Å².